The zero-order valence-electron chi connectivity index (χ0n) is 14.3. The second kappa shape index (κ2) is 7.14. The van der Waals surface area contributed by atoms with Crippen LogP contribution in [0.4, 0.5) is 0 Å². The van der Waals surface area contributed by atoms with E-state index < -0.39 is 0 Å². The molecule has 3 rings (SSSR count). The molecule has 0 heterocycles. The van der Waals surface area contributed by atoms with Crippen molar-refractivity contribution in [1.29, 1.82) is 0 Å². The molecule has 0 amide bonds. The van der Waals surface area contributed by atoms with Gasteiger partial charge in [0.05, 0.1) is 0 Å². The molecular formula is C24H22. The zero-order valence-corrected chi connectivity index (χ0v) is 14.3. The molecule has 0 nitrogen and oxygen atoms in total. The topological polar surface area (TPSA) is 0 Å². The normalized spacial score (nSPS) is 10.9. The highest BCUT2D eigenvalue weighted by Crippen LogP contribution is 2.27. The first-order chi connectivity index (χ1) is 11.7. The highest BCUT2D eigenvalue weighted by Gasteiger charge is 2.04. The molecule has 0 aliphatic heterocycles. The maximum atomic E-state index is 3.86. The highest BCUT2D eigenvalue weighted by molar-refractivity contribution is 5.78. The lowest BCUT2D eigenvalue weighted by Crippen LogP contribution is -1.87. The molecule has 0 aromatic heterocycles. The second-order valence-corrected chi connectivity index (χ2v) is 6.04. The third kappa shape index (κ3) is 3.38. The summed E-state index contributed by atoms with van der Waals surface area (Å²) in [7, 11) is 0. The third-order valence-corrected chi connectivity index (χ3v) is 4.44. The Bertz CT molecular complexity index is 883. The van der Waals surface area contributed by atoms with E-state index in [0.29, 0.717) is 0 Å². The second-order valence-electron chi connectivity index (χ2n) is 6.04. The molecule has 0 spiro atoms. The average Bonchev–Trinajstić information content (AvgIpc) is 2.63. The van der Waals surface area contributed by atoms with Gasteiger partial charge in [-0.2, -0.15) is 0 Å². The van der Waals surface area contributed by atoms with Crippen LogP contribution in [0.5, 0.6) is 0 Å². The summed E-state index contributed by atoms with van der Waals surface area (Å²) in [5.41, 5.74) is 8.75. The van der Waals surface area contributed by atoms with Crippen molar-refractivity contribution in [2.75, 3.05) is 0 Å². The van der Waals surface area contributed by atoms with Crippen LogP contribution in [0.2, 0.25) is 0 Å². The van der Waals surface area contributed by atoms with Gasteiger partial charge < -0.3 is 0 Å². The standard InChI is InChI=1S/C24H22/c1-4-20-14-13-18(2)23(17-20)16-15-21-11-8-12-24(19(21)3)22-9-6-5-7-10-22/h4-17H,1H2,2-3H3/b16-15+. The minimum atomic E-state index is 1.15. The molecule has 118 valence electrons. The van der Waals surface area contributed by atoms with Crippen molar-refractivity contribution in [3.05, 3.63) is 101 Å². The molecule has 0 aliphatic rings. The Balaban J connectivity index is 1.98. The van der Waals surface area contributed by atoms with E-state index in [-0.39, 0.29) is 0 Å². The van der Waals surface area contributed by atoms with E-state index in [2.05, 4.69) is 99.3 Å². The van der Waals surface area contributed by atoms with Crippen molar-refractivity contribution in [1.82, 2.24) is 0 Å². The summed E-state index contributed by atoms with van der Waals surface area (Å²) in [6.07, 6.45) is 6.29. The van der Waals surface area contributed by atoms with Crippen molar-refractivity contribution >= 4 is 18.2 Å². The fraction of sp³-hybridized carbons (Fsp3) is 0.0833. The van der Waals surface area contributed by atoms with Crippen molar-refractivity contribution in [2.24, 2.45) is 0 Å². The van der Waals surface area contributed by atoms with Gasteiger partial charge in [0.1, 0.15) is 0 Å². The maximum absolute atomic E-state index is 3.86. The molecular weight excluding hydrogens is 288 g/mol. The minimum Gasteiger partial charge on any atom is -0.0985 e. The van der Waals surface area contributed by atoms with Gasteiger partial charge in [0.15, 0.2) is 0 Å². The summed E-state index contributed by atoms with van der Waals surface area (Å²) < 4.78 is 0. The third-order valence-electron chi connectivity index (χ3n) is 4.44. The van der Waals surface area contributed by atoms with Gasteiger partial charge in [-0.1, -0.05) is 85.5 Å². The van der Waals surface area contributed by atoms with Crippen molar-refractivity contribution in [3.63, 3.8) is 0 Å². The van der Waals surface area contributed by atoms with Gasteiger partial charge in [-0.15, -0.1) is 0 Å². The predicted molar refractivity (Wildman–Crippen MR) is 107 cm³/mol. The Morgan fingerprint density at radius 3 is 2.25 bits per heavy atom. The summed E-state index contributed by atoms with van der Waals surface area (Å²) in [5, 5.41) is 0. The highest BCUT2D eigenvalue weighted by atomic mass is 14.1. The Kier molecular flexibility index (Phi) is 4.77. The largest absolute Gasteiger partial charge is 0.0985 e. The molecule has 3 aromatic carbocycles. The van der Waals surface area contributed by atoms with Crippen LogP contribution in [0.15, 0.2) is 73.3 Å². The van der Waals surface area contributed by atoms with E-state index in [0.717, 1.165) is 5.56 Å². The smallest absolute Gasteiger partial charge is 0.0149 e. The summed E-state index contributed by atoms with van der Waals surface area (Å²) in [5.74, 6) is 0. The fourth-order valence-corrected chi connectivity index (χ4v) is 2.91. The summed E-state index contributed by atoms with van der Waals surface area (Å²) >= 11 is 0. The lowest BCUT2D eigenvalue weighted by molar-refractivity contribution is 1.42. The van der Waals surface area contributed by atoms with Gasteiger partial charge >= 0.3 is 0 Å². The van der Waals surface area contributed by atoms with Crippen molar-refractivity contribution < 1.29 is 0 Å². The lowest BCUT2D eigenvalue weighted by atomic mass is 9.95. The summed E-state index contributed by atoms with van der Waals surface area (Å²) in [4.78, 5) is 0. The molecule has 0 atom stereocenters. The first-order valence-electron chi connectivity index (χ1n) is 8.25. The summed E-state index contributed by atoms with van der Waals surface area (Å²) in [6.45, 7) is 8.18. The van der Waals surface area contributed by atoms with Crippen LogP contribution >= 0.6 is 0 Å². The monoisotopic (exact) mass is 310 g/mol. The molecule has 0 radical (unpaired) electrons. The first kappa shape index (κ1) is 16.0. The van der Waals surface area contributed by atoms with Crippen LogP contribution in [-0.4, -0.2) is 0 Å². The Labute approximate surface area is 144 Å². The van der Waals surface area contributed by atoms with E-state index >= 15 is 0 Å². The number of hydrogen-bond donors (Lipinski definition) is 0. The molecule has 0 N–H and O–H groups in total. The Morgan fingerprint density at radius 2 is 1.50 bits per heavy atom. The number of hydrogen-bond acceptors (Lipinski definition) is 0. The molecule has 3 aromatic rings. The Hall–Kier alpha value is -2.86. The van der Waals surface area contributed by atoms with Gasteiger partial charge in [0, 0.05) is 0 Å². The number of rotatable bonds is 4. The molecule has 0 aliphatic carbocycles. The predicted octanol–water partition coefficient (Wildman–Crippen LogP) is 6.78. The van der Waals surface area contributed by atoms with E-state index in [1.54, 1.807) is 0 Å². The SMILES string of the molecule is C=Cc1ccc(C)c(/C=C/c2cccc(-c3ccccc3)c2C)c1. The quantitative estimate of drug-likeness (QED) is 0.466. The number of benzene rings is 3. The Morgan fingerprint density at radius 1 is 0.750 bits per heavy atom. The van der Waals surface area contributed by atoms with Crippen molar-refractivity contribution in [2.45, 2.75) is 13.8 Å². The van der Waals surface area contributed by atoms with Gasteiger partial charge in [-0.3, -0.25) is 0 Å². The summed E-state index contributed by atoms with van der Waals surface area (Å²) in [6, 6.07) is 23.4. The van der Waals surface area contributed by atoms with Crippen molar-refractivity contribution in [3.8, 4) is 11.1 Å². The molecule has 0 saturated carbocycles. The number of aryl methyl sites for hydroxylation is 1. The first-order valence-corrected chi connectivity index (χ1v) is 8.25. The molecule has 24 heavy (non-hydrogen) atoms. The minimum absolute atomic E-state index is 1.15. The van der Waals surface area contributed by atoms with Crippen LogP contribution in [0.3, 0.4) is 0 Å². The van der Waals surface area contributed by atoms with Gasteiger partial charge in [0.2, 0.25) is 0 Å². The van der Waals surface area contributed by atoms with Gasteiger partial charge in [0.25, 0.3) is 0 Å². The molecule has 0 saturated heterocycles. The van der Waals surface area contributed by atoms with Crippen LogP contribution in [0.25, 0.3) is 29.4 Å². The zero-order chi connectivity index (χ0) is 16.9. The molecule has 0 heteroatoms. The van der Waals surface area contributed by atoms with Crippen LogP contribution in [0, 0.1) is 13.8 Å². The van der Waals surface area contributed by atoms with Gasteiger partial charge in [-0.05, 0) is 58.9 Å². The molecule has 0 fully saturated rings. The lowest BCUT2D eigenvalue weighted by Gasteiger charge is -2.09. The average molecular weight is 310 g/mol. The van der Waals surface area contributed by atoms with Crippen LogP contribution in [0.1, 0.15) is 27.8 Å². The van der Waals surface area contributed by atoms with E-state index in [9.17, 15) is 0 Å². The van der Waals surface area contributed by atoms with E-state index in [1.807, 2.05) is 6.08 Å². The van der Waals surface area contributed by atoms with E-state index in [1.165, 1.54) is 33.4 Å². The van der Waals surface area contributed by atoms with Crippen LogP contribution < -0.4 is 0 Å². The maximum Gasteiger partial charge on any atom is -0.0149 e. The van der Waals surface area contributed by atoms with E-state index in [4.69, 9.17) is 0 Å². The van der Waals surface area contributed by atoms with Gasteiger partial charge in [-0.25, -0.2) is 0 Å². The molecule has 0 unspecified atom stereocenters. The molecule has 0 bridgehead atoms. The van der Waals surface area contributed by atoms with Crippen LogP contribution in [-0.2, 0) is 0 Å². The fourth-order valence-electron chi connectivity index (χ4n) is 2.91.